The number of rotatable bonds is 5. The fourth-order valence-corrected chi connectivity index (χ4v) is 1.16. The van der Waals surface area contributed by atoms with Crippen molar-refractivity contribution in [3.63, 3.8) is 0 Å². The van der Waals surface area contributed by atoms with E-state index in [1.807, 2.05) is 0 Å². The lowest BCUT2D eigenvalue weighted by atomic mass is 10.0. The standard InChI is InChI=1S/C10H14N2O5/c13-4-10(5-14,6-15)12-9(17)7-2-1-3-8(16)11-7/h1-3,13-15H,4-6H2,(H,11,16)(H,12,17). The van der Waals surface area contributed by atoms with E-state index in [-0.39, 0.29) is 5.69 Å². The van der Waals surface area contributed by atoms with Crippen molar-refractivity contribution in [2.75, 3.05) is 19.8 Å². The molecular formula is C10H14N2O5. The predicted octanol–water partition coefficient (Wildman–Crippen LogP) is -2.18. The van der Waals surface area contributed by atoms with E-state index in [1.54, 1.807) is 0 Å². The van der Waals surface area contributed by atoms with Gasteiger partial charge in [0.2, 0.25) is 5.56 Å². The van der Waals surface area contributed by atoms with Gasteiger partial charge in [0.05, 0.1) is 19.8 Å². The average molecular weight is 242 g/mol. The molecule has 0 aliphatic heterocycles. The molecule has 0 spiro atoms. The Hall–Kier alpha value is -1.70. The van der Waals surface area contributed by atoms with Crippen LogP contribution in [-0.2, 0) is 0 Å². The topological polar surface area (TPSA) is 123 Å². The molecule has 94 valence electrons. The zero-order valence-electron chi connectivity index (χ0n) is 9.01. The first-order chi connectivity index (χ1) is 8.06. The van der Waals surface area contributed by atoms with Crippen LogP contribution in [0.3, 0.4) is 0 Å². The Morgan fingerprint density at radius 1 is 1.24 bits per heavy atom. The van der Waals surface area contributed by atoms with E-state index in [0.717, 1.165) is 0 Å². The molecule has 0 fully saturated rings. The number of aliphatic hydroxyl groups excluding tert-OH is 3. The van der Waals surface area contributed by atoms with E-state index >= 15 is 0 Å². The number of amides is 1. The van der Waals surface area contributed by atoms with Crippen LogP contribution in [0.5, 0.6) is 0 Å². The Bertz CT molecular complexity index is 430. The molecule has 7 nitrogen and oxygen atoms in total. The highest BCUT2D eigenvalue weighted by molar-refractivity contribution is 5.92. The molecular weight excluding hydrogens is 228 g/mol. The minimum Gasteiger partial charge on any atom is -0.394 e. The van der Waals surface area contributed by atoms with Gasteiger partial charge >= 0.3 is 0 Å². The van der Waals surface area contributed by atoms with E-state index < -0.39 is 36.8 Å². The summed E-state index contributed by atoms with van der Waals surface area (Å²) in [5.41, 5.74) is -1.97. The summed E-state index contributed by atoms with van der Waals surface area (Å²) in [6.07, 6.45) is 0. The molecule has 1 heterocycles. The SMILES string of the molecule is O=C(NC(CO)(CO)CO)c1cccc(=O)[nH]1. The normalized spacial score (nSPS) is 11.2. The first-order valence-corrected chi connectivity index (χ1v) is 4.91. The molecule has 0 saturated heterocycles. The van der Waals surface area contributed by atoms with E-state index in [4.69, 9.17) is 15.3 Å². The number of hydrogen-bond acceptors (Lipinski definition) is 5. The van der Waals surface area contributed by atoms with Crippen LogP contribution in [0.4, 0.5) is 0 Å². The van der Waals surface area contributed by atoms with E-state index in [9.17, 15) is 9.59 Å². The molecule has 5 N–H and O–H groups in total. The summed E-state index contributed by atoms with van der Waals surface area (Å²) >= 11 is 0. The molecule has 0 saturated carbocycles. The Kier molecular flexibility index (Phi) is 4.38. The maximum absolute atomic E-state index is 11.7. The van der Waals surface area contributed by atoms with Crippen LogP contribution in [0, 0.1) is 0 Å². The number of carbonyl (C=O) groups excluding carboxylic acids is 1. The molecule has 0 atom stereocenters. The van der Waals surface area contributed by atoms with Gasteiger partial charge in [-0.15, -0.1) is 0 Å². The number of aromatic nitrogens is 1. The second-order valence-electron chi connectivity index (χ2n) is 3.64. The molecule has 0 aliphatic carbocycles. The Balaban J connectivity index is 2.88. The van der Waals surface area contributed by atoms with Gasteiger partial charge in [-0.25, -0.2) is 0 Å². The van der Waals surface area contributed by atoms with Crippen molar-refractivity contribution >= 4 is 5.91 Å². The number of nitrogens with one attached hydrogen (secondary N) is 2. The van der Waals surface area contributed by atoms with Crippen molar-refractivity contribution in [2.45, 2.75) is 5.54 Å². The van der Waals surface area contributed by atoms with Crippen molar-refractivity contribution < 1.29 is 20.1 Å². The van der Waals surface area contributed by atoms with Gasteiger partial charge in [0, 0.05) is 6.07 Å². The van der Waals surface area contributed by atoms with Gasteiger partial charge in [-0.05, 0) is 6.07 Å². The van der Waals surface area contributed by atoms with Crippen LogP contribution in [0.2, 0.25) is 0 Å². The number of aliphatic hydroxyl groups is 3. The van der Waals surface area contributed by atoms with Crippen molar-refractivity contribution in [1.82, 2.24) is 10.3 Å². The summed E-state index contributed by atoms with van der Waals surface area (Å²) in [4.78, 5) is 24.9. The highest BCUT2D eigenvalue weighted by atomic mass is 16.3. The third-order valence-corrected chi connectivity index (χ3v) is 2.30. The Morgan fingerprint density at radius 2 is 1.82 bits per heavy atom. The van der Waals surface area contributed by atoms with Crippen LogP contribution in [0.1, 0.15) is 10.5 Å². The number of aromatic amines is 1. The monoisotopic (exact) mass is 242 g/mol. The predicted molar refractivity (Wildman–Crippen MR) is 58.5 cm³/mol. The summed E-state index contributed by atoms with van der Waals surface area (Å²) in [7, 11) is 0. The molecule has 0 bridgehead atoms. The average Bonchev–Trinajstić information content (AvgIpc) is 2.36. The zero-order valence-corrected chi connectivity index (χ0v) is 9.01. The lowest BCUT2D eigenvalue weighted by Crippen LogP contribution is -2.57. The number of carbonyl (C=O) groups is 1. The first kappa shape index (κ1) is 13.4. The molecule has 7 heteroatoms. The Labute approximate surface area is 96.7 Å². The maximum atomic E-state index is 11.7. The molecule has 1 aromatic heterocycles. The van der Waals surface area contributed by atoms with Gasteiger partial charge in [-0.3, -0.25) is 9.59 Å². The van der Waals surface area contributed by atoms with E-state index in [1.165, 1.54) is 18.2 Å². The third-order valence-electron chi connectivity index (χ3n) is 2.30. The van der Waals surface area contributed by atoms with Crippen molar-refractivity contribution in [2.24, 2.45) is 0 Å². The van der Waals surface area contributed by atoms with Gasteiger partial charge in [-0.2, -0.15) is 0 Å². The van der Waals surface area contributed by atoms with Crippen LogP contribution < -0.4 is 10.9 Å². The van der Waals surface area contributed by atoms with Crippen LogP contribution in [0.25, 0.3) is 0 Å². The minimum atomic E-state index is -1.51. The fourth-order valence-electron chi connectivity index (χ4n) is 1.16. The van der Waals surface area contributed by atoms with E-state index in [0.29, 0.717) is 0 Å². The molecule has 1 aromatic rings. The van der Waals surface area contributed by atoms with Crippen molar-refractivity contribution in [3.8, 4) is 0 Å². The molecule has 0 aliphatic rings. The van der Waals surface area contributed by atoms with Gasteiger partial charge in [0.15, 0.2) is 0 Å². The summed E-state index contributed by atoms with van der Waals surface area (Å²) in [5.74, 6) is -0.695. The van der Waals surface area contributed by atoms with Crippen LogP contribution in [-0.4, -0.2) is 51.6 Å². The quantitative estimate of drug-likeness (QED) is 0.402. The molecule has 1 rings (SSSR count). The molecule has 17 heavy (non-hydrogen) atoms. The largest absolute Gasteiger partial charge is 0.394 e. The highest BCUT2D eigenvalue weighted by Crippen LogP contribution is 2.03. The number of H-pyrrole nitrogens is 1. The molecule has 0 radical (unpaired) electrons. The summed E-state index contributed by atoms with van der Waals surface area (Å²) in [5, 5.41) is 29.3. The van der Waals surface area contributed by atoms with Crippen molar-refractivity contribution in [3.05, 3.63) is 34.2 Å². The second kappa shape index (κ2) is 5.58. The Morgan fingerprint density at radius 3 is 2.29 bits per heavy atom. The highest BCUT2D eigenvalue weighted by Gasteiger charge is 2.30. The number of hydrogen-bond donors (Lipinski definition) is 5. The second-order valence-corrected chi connectivity index (χ2v) is 3.64. The zero-order chi connectivity index (χ0) is 12.9. The maximum Gasteiger partial charge on any atom is 0.268 e. The van der Waals surface area contributed by atoms with Gasteiger partial charge < -0.3 is 25.6 Å². The third kappa shape index (κ3) is 3.13. The first-order valence-electron chi connectivity index (χ1n) is 4.91. The lowest BCUT2D eigenvalue weighted by Gasteiger charge is -2.28. The smallest absolute Gasteiger partial charge is 0.268 e. The molecule has 1 amide bonds. The lowest BCUT2D eigenvalue weighted by molar-refractivity contribution is 0.0373. The molecule has 0 aromatic carbocycles. The molecule has 0 unspecified atom stereocenters. The van der Waals surface area contributed by atoms with E-state index in [2.05, 4.69) is 10.3 Å². The number of pyridine rings is 1. The fraction of sp³-hybridized carbons (Fsp3) is 0.400. The summed E-state index contributed by atoms with van der Waals surface area (Å²) < 4.78 is 0. The van der Waals surface area contributed by atoms with Gasteiger partial charge in [0.1, 0.15) is 11.2 Å². The van der Waals surface area contributed by atoms with Crippen molar-refractivity contribution in [1.29, 1.82) is 0 Å². The van der Waals surface area contributed by atoms with Crippen LogP contribution in [0.15, 0.2) is 23.0 Å². The van der Waals surface area contributed by atoms with Crippen LogP contribution >= 0.6 is 0 Å². The summed E-state index contributed by atoms with van der Waals surface area (Å²) in [6.45, 7) is -1.87. The summed E-state index contributed by atoms with van der Waals surface area (Å²) in [6, 6.07) is 4.01. The minimum absolute atomic E-state index is 0.0165. The van der Waals surface area contributed by atoms with Gasteiger partial charge in [0.25, 0.3) is 5.91 Å². The van der Waals surface area contributed by atoms with Gasteiger partial charge in [-0.1, -0.05) is 6.07 Å².